The summed E-state index contributed by atoms with van der Waals surface area (Å²) in [5, 5.41) is 8.00. The Kier molecular flexibility index (Phi) is 4.49. The predicted octanol–water partition coefficient (Wildman–Crippen LogP) is 3.76. The summed E-state index contributed by atoms with van der Waals surface area (Å²) < 4.78 is 1.75. The lowest BCUT2D eigenvalue weighted by atomic mass is 10.2. The monoisotopic (exact) mass is 372 g/mol. The molecule has 0 aliphatic rings. The SMILES string of the molecule is CC(=O)Nc1ccc(N(C)c2nc(-c3ccccc3)nc3c2cnn3C)cc1. The van der Waals surface area contributed by atoms with Crippen molar-refractivity contribution in [1.29, 1.82) is 0 Å². The molecular formula is C21H20N6O. The van der Waals surface area contributed by atoms with Crippen molar-refractivity contribution in [2.75, 3.05) is 17.3 Å². The highest BCUT2D eigenvalue weighted by molar-refractivity contribution is 5.91. The van der Waals surface area contributed by atoms with Gasteiger partial charge in [0.25, 0.3) is 0 Å². The quantitative estimate of drug-likeness (QED) is 0.590. The molecule has 0 saturated carbocycles. The predicted molar refractivity (Wildman–Crippen MR) is 111 cm³/mol. The third kappa shape index (κ3) is 3.29. The fraction of sp³-hybridized carbons (Fsp3) is 0.143. The summed E-state index contributed by atoms with van der Waals surface area (Å²) in [6.07, 6.45) is 1.78. The van der Waals surface area contributed by atoms with E-state index in [1.54, 1.807) is 10.9 Å². The number of nitrogens with one attached hydrogen (secondary N) is 1. The lowest BCUT2D eigenvalue weighted by Gasteiger charge is -2.20. The molecule has 1 N–H and O–H groups in total. The van der Waals surface area contributed by atoms with Gasteiger partial charge in [0.1, 0.15) is 5.82 Å². The number of hydrogen-bond acceptors (Lipinski definition) is 5. The van der Waals surface area contributed by atoms with Crippen LogP contribution in [0.1, 0.15) is 6.92 Å². The topological polar surface area (TPSA) is 75.9 Å². The van der Waals surface area contributed by atoms with Crippen LogP contribution in [-0.4, -0.2) is 32.7 Å². The highest BCUT2D eigenvalue weighted by atomic mass is 16.1. The Morgan fingerprint density at radius 1 is 1.04 bits per heavy atom. The molecule has 0 aliphatic carbocycles. The average Bonchev–Trinajstić information content (AvgIpc) is 3.08. The van der Waals surface area contributed by atoms with Crippen LogP contribution in [0.3, 0.4) is 0 Å². The Labute approximate surface area is 162 Å². The second-order valence-electron chi connectivity index (χ2n) is 6.53. The van der Waals surface area contributed by atoms with Crippen molar-refractivity contribution in [3.05, 3.63) is 60.8 Å². The van der Waals surface area contributed by atoms with Crippen molar-refractivity contribution in [3.63, 3.8) is 0 Å². The van der Waals surface area contributed by atoms with Gasteiger partial charge in [0, 0.05) is 38.0 Å². The van der Waals surface area contributed by atoms with E-state index in [1.807, 2.05) is 73.6 Å². The Balaban J connectivity index is 1.79. The molecule has 0 aliphatic heterocycles. The normalized spacial score (nSPS) is 10.8. The molecule has 4 rings (SSSR count). The smallest absolute Gasteiger partial charge is 0.221 e. The van der Waals surface area contributed by atoms with Crippen LogP contribution in [0.25, 0.3) is 22.4 Å². The Hall–Kier alpha value is -3.74. The summed E-state index contributed by atoms with van der Waals surface area (Å²) >= 11 is 0. The molecule has 0 bridgehead atoms. The van der Waals surface area contributed by atoms with Gasteiger partial charge in [0.2, 0.25) is 5.91 Å². The van der Waals surface area contributed by atoms with E-state index in [0.717, 1.165) is 33.8 Å². The number of aromatic nitrogens is 4. The zero-order chi connectivity index (χ0) is 19.7. The maximum Gasteiger partial charge on any atom is 0.221 e. The van der Waals surface area contributed by atoms with Crippen LogP contribution in [0.15, 0.2) is 60.8 Å². The fourth-order valence-corrected chi connectivity index (χ4v) is 3.07. The van der Waals surface area contributed by atoms with Gasteiger partial charge in [0.05, 0.1) is 11.6 Å². The molecule has 7 heteroatoms. The van der Waals surface area contributed by atoms with Crippen molar-refractivity contribution in [2.45, 2.75) is 6.92 Å². The van der Waals surface area contributed by atoms with Crippen LogP contribution in [0.4, 0.5) is 17.2 Å². The number of anilines is 3. The van der Waals surface area contributed by atoms with Gasteiger partial charge in [0.15, 0.2) is 11.5 Å². The molecule has 7 nitrogen and oxygen atoms in total. The largest absolute Gasteiger partial charge is 0.329 e. The minimum atomic E-state index is -0.0959. The first kappa shape index (κ1) is 17.7. The Bertz CT molecular complexity index is 1130. The van der Waals surface area contributed by atoms with Crippen molar-refractivity contribution in [2.24, 2.45) is 7.05 Å². The first-order valence-corrected chi connectivity index (χ1v) is 8.89. The first-order valence-electron chi connectivity index (χ1n) is 8.89. The summed E-state index contributed by atoms with van der Waals surface area (Å²) in [6, 6.07) is 17.5. The van der Waals surface area contributed by atoms with Crippen LogP contribution in [0.5, 0.6) is 0 Å². The van der Waals surface area contributed by atoms with E-state index >= 15 is 0 Å². The molecule has 0 radical (unpaired) electrons. The van der Waals surface area contributed by atoms with Crippen LogP contribution >= 0.6 is 0 Å². The number of nitrogens with zero attached hydrogens (tertiary/aromatic N) is 5. The summed E-state index contributed by atoms with van der Waals surface area (Å²) in [6.45, 7) is 1.49. The molecule has 1 amide bonds. The number of carbonyl (C=O) groups is 1. The molecule has 28 heavy (non-hydrogen) atoms. The van der Waals surface area contributed by atoms with E-state index < -0.39 is 0 Å². The van der Waals surface area contributed by atoms with Crippen molar-refractivity contribution in [3.8, 4) is 11.4 Å². The molecule has 0 spiro atoms. The van der Waals surface area contributed by atoms with E-state index in [-0.39, 0.29) is 5.91 Å². The van der Waals surface area contributed by atoms with E-state index in [0.29, 0.717) is 5.82 Å². The first-order chi connectivity index (χ1) is 13.5. The van der Waals surface area contributed by atoms with Crippen molar-refractivity contribution >= 4 is 34.1 Å². The standard InChI is InChI=1S/C21H20N6O/c1-14(28)23-16-9-11-17(12-10-16)26(2)20-18-13-22-27(3)21(18)25-19(24-20)15-7-5-4-6-8-15/h4-13H,1-3H3,(H,23,28). The molecule has 0 saturated heterocycles. The van der Waals surface area contributed by atoms with Crippen LogP contribution < -0.4 is 10.2 Å². The molecule has 2 aromatic carbocycles. The average molecular weight is 372 g/mol. The summed E-state index contributed by atoms with van der Waals surface area (Å²) in [7, 11) is 3.83. The molecule has 0 unspecified atom stereocenters. The van der Waals surface area contributed by atoms with Crippen molar-refractivity contribution < 1.29 is 4.79 Å². The Morgan fingerprint density at radius 2 is 1.75 bits per heavy atom. The van der Waals surface area contributed by atoms with Gasteiger partial charge in [-0.15, -0.1) is 0 Å². The third-order valence-electron chi connectivity index (χ3n) is 4.50. The van der Waals surface area contributed by atoms with E-state index in [4.69, 9.17) is 9.97 Å². The number of benzene rings is 2. The minimum absolute atomic E-state index is 0.0959. The number of fused-ring (bicyclic) bond motifs is 1. The fourth-order valence-electron chi connectivity index (χ4n) is 3.07. The zero-order valence-electron chi connectivity index (χ0n) is 15.9. The molecule has 140 valence electrons. The van der Waals surface area contributed by atoms with E-state index in [1.165, 1.54) is 6.92 Å². The molecular weight excluding hydrogens is 352 g/mol. The van der Waals surface area contributed by atoms with Crippen LogP contribution in [0, 0.1) is 0 Å². The van der Waals surface area contributed by atoms with E-state index in [2.05, 4.69) is 10.4 Å². The maximum absolute atomic E-state index is 11.2. The third-order valence-corrected chi connectivity index (χ3v) is 4.50. The molecule has 0 fully saturated rings. The zero-order valence-corrected chi connectivity index (χ0v) is 15.9. The number of carbonyl (C=O) groups excluding carboxylic acids is 1. The van der Waals surface area contributed by atoms with E-state index in [9.17, 15) is 4.79 Å². The minimum Gasteiger partial charge on any atom is -0.329 e. The van der Waals surface area contributed by atoms with Crippen LogP contribution in [0.2, 0.25) is 0 Å². The molecule has 0 atom stereocenters. The van der Waals surface area contributed by atoms with Gasteiger partial charge in [-0.3, -0.25) is 9.48 Å². The molecule has 2 aromatic heterocycles. The van der Waals surface area contributed by atoms with Gasteiger partial charge in [-0.05, 0) is 24.3 Å². The number of aryl methyl sites for hydroxylation is 1. The van der Waals surface area contributed by atoms with Gasteiger partial charge >= 0.3 is 0 Å². The second-order valence-corrected chi connectivity index (χ2v) is 6.53. The second kappa shape index (κ2) is 7.11. The highest BCUT2D eigenvalue weighted by Gasteiger charge is 2.17. The Morgan fingerprint density at radius 3 is 2.43 bits per heavy atom. The van der Waals surface area contributed by atoms with Crippen LogP contribution in [-0.2, 0) is 11.8 Å². The number of hydrogen-bond donors (Lipinski definition) is 1. The number of amides is 1. The molecule has 2 heterocycles. The summed E-state index contributed by atoms with van der Waals surface area (Å²) in [5.74, 6) is 1.32. The number of rotatable bonds is 4. The maximum atomic E-state index is 11.2. The molecule has 4 aromatic rings. The van der Waals surface area contributed by atoms with Gasteiger partial charge < -0.3 is 10.2 Å². The lowest BCUT2D eigenvalue weighted by molar-refractivity contribution is -0.114. The van der Waals surface area contributed by atoms with Gasteiger partial charge in [-0.2, -0.15) is 5.10 Å². The highest BCUT2D eigenvalue weighted by Crippen LogP contribution is 2.31. The van der Waals surface area contributed by atoms with Crippen molar-refractivity contribution in [1.82, 2.24) is 19.7 Å². The van der Waals surface area contributed by atoms with Gasteiger partial charge in [-0.25, -0.2) is 9.97 Å². The summed E-state index contributed by atoms with van der Waals surface area (Å²) in [5.41, 5.74) is 3.41. The lowest BCUT2D eigenvalue weighted by Crippen LogP contribution is -2.13. The van der Waals surface area contributed by atoms with Gasteiger partial charge in [-0.1, -0.05) is 30.3 Å². The summed E-state index contributed by atoms with van der Waals surface area (Å²) in [4.78, 5) is 22.7.